The smallest absolute Gasteiger partial charge is 0.381 e. The predicted molar refractivity (Wildman–Crippen MR) is 134 cm³/mol. The van der Waals surface area contributed by atoms with Crippen LogP contribution in [0.3, 0.4) is 0 Å². The van der Waals surface area contributed by atoms with E-state index < -0.39 is 51.5 Å². The van der Waals surface area contributed by atoms with Gasteiger partial charge in [0.1, 0.15) is 5.82 Å². The van der Waals surface area contributed by atoms with Gasteiger partial charge in [0.2, 0.25) is 0 Å². The molecule has 0 bridgehead atoms. The van der Waals surface area contributed by atoms with Crippen molar-refractivity contribution < 1.29 is 35.5 Å². The van der Waals surface area contributed by atoms with Crippen LogP contribution in [0, 0.1) is 5.82 Å². The lowest BCUT2D eigenvalue weighted by Gasteiger charge is -2.39. The normalized spacial score (nSPS) is 18.7. The number of amides is 1. The molecule has 2 aliphatic heterocycles. The highest BCUT2D eigenvalue weighted by Crippen LogP contribution is 2.52. The van der Waals surface area contributed by atoms with Gasteiger partial charge in [0, 0.05) is 30.4 Å². The van der Waals surface area contributed by atoms with Crippen molar-refractivity contribution in [2.75, 3.05) is 17.5 Å². The quantitative estimate of drug-likeness (QED) is 0.450. The standard InChI is InChI=1S/C27H25F4N3O4S/c1-17-26(10-13-38-14-11-26)22-15-18(25(35)33-16-23-21(27(29,30)31)3-2-12-32-23)4-9-24(22)34(17)39(36,37)20-7-5-19(28)6-8-20/h2-9,12,15,17H,10-11,13-14,16H2,1H3,(H,33,35). The molecule has 3 heterocycles. The molecule has 0 aliphatic carbocycles. The Labute approximate surface area is 222 Å². The molecule has 2 aromatic carbocycles. The van der Waals surface area contributed by atoms with Crippen LogP contribution in [0.4, 0.5) is 23.2 Å². The Morgan fingerprint density at radius 2 is 1.82 bits per heavy atom. The zero-order chi connectivity index (χ0) is 28.0. The van der Waals surface area contributed by atoms with Gasteiger partial charge < -0.3 is 10.1 Å². The molecule has 1 fully saturated rings. The summed E-state index contributed by atoms with van der Waals surface area (Å²) in [5, 5.41) is 2.50. The van der Waals surface area contributed by atoms with E-state index in [0.717, 1.165) is 18.2 Å². The lowest BCUT2D eigenvalue weighted by Crippen LogP contribution is -2.48. The van der Waals surface area contributed by atoms with E-state index in [0.29, 0.717) is 37.3 Å². The summed E-state index contributed by atoms with van der Waals surface area (Å²) in [5.41, 5.74) is -0.680. The number of ether oxygens (including phenoxy) is 1. The first-order valence-electron chi connectivity index (χ1n) is 12.3. The Kier molecular flexibility index (Phi) is 6.88. The molecule has 1 aromatic heterocycles. The van der Waals surface area contributed by atoms with Crippen LogP contribution in [0.25, 0.3) is 0 Å². The van der Waals surface area contributed by atoms with E-state index in [2.05, 4.69) is 10.3 Å². The molecule has 3 aromatic rings. The van der Waals surface area contributed by atoms with Crippen molar-refractivity contribution in [2.45, 2.75) is 48.8 Å². The topological polar surface area (TPSA) is 88.6 Å². The number of nitrogens with one attached hydrogen (secondary N) is 1. The van der Waals surface area contributed by atoms with Crippen molar-refractivity contribution in [3.05, 3.63) is 89.0 Å². The third kappa shape index (κ3) is 4.76. The Bertz CT molecular complexity index is 1500. The second-order valence-corrected chi connectivity index (χ2v) is 11.4. The summed E-state index contributed by atoms with van der Waals surface area (Å²) >= 11 is 0. The number of hydrogen-bond acceptors (Lipinski definition) is 5. The molecule has 39 heavy (non-hydrogen) atoms. The SMILES string of the molecule is CC1N(S(=O)(=O)c2ccc(F)cc2)c2ccc(C(=O)NCc3ncccc3C(F)(F)F)cc2C12CCOCC2. The van der Waals surface area contributed by atoms with Gasteiger partial charge in [-0.15, -0.1) is 0 Å². The summed E-state index contributed by atoms with van der Waals surface area (Å²) in [6, 6.07) is 10.7. The largest absolute Gasteiger partial charge is 0.418 e. The van der Waals surface area contributed by atoms with E-state index >= 15 is 0 Å². The van der Waals surface area contributed by atoms with Gasteiger partial charge in [-0.1, -0.05) is 0 Å². The molecule has 7 nitrogen and oxygen atoms in total. The highest BCUT2D eigenvalue weighted by atomic mass is 32.2. The summed E-state index contributed by atoms with van der Waals surface area (Å²) in [6.45, 7) is 2.15. The minimum atomic E-state index is -4.62. The minimum absolute atomic E-state index is 0.0662. The molecule has 2 aliphatic rings. The highest BCUT2D eigenvalue weighted by molar-refractivity contribution is 7.92. The third-order valence-corrected chi connectivity index (χ3v) is 9.45. The zero-order valence-corrected chi connectivity index (χ0v) is 21.7. The van der Waals surface area contributed by atoms with Crippen molar-refractivity contribution >= 4 is 21.6 Å². The van der Waals surface area contributed by atoms with Gasteiger partial charge in [0.25, 0.3) is 15.9 Å². The van der Waals surface area contributed by atoms with Crippen molar-refractivity contribution in [2.24, 2.45) is 0 Å². The fourth-order valence-corrected chi connectivity index (χ4v) is 7.25. The number of halogens is 4. The number of anilines is 1. The van der Waals surface area contributed by atoms with Gasteiger partial charge in [0.05, 0.1) is 34.4 Å². The van der Waals surface area contributed by atoms with Crippen molar-refractivity contribution in [1.29, 1.82) is 0 Å². The molecule has 1 saturated heterocycles. The van der Waals surface area contributed by atoms with Gasteiger partial charge in [-0.25, -0.2) is 12.8 Å². The van der Waals surface area contributed by atoms with Gasteiger partial charge in [-0.05, 0) is 79.9 Å². The second-order valence-electron chi connectivity index (χ2n) is 9.61. The number of carbonyl (C=O) groups is 1. The molecule has 0 radical (unpaired) electrons. The molecule has 5 rings (SSSR count). The maximum Gasteiger partial charge on any atom is 0.418 e. The summed E-state index contributed by atoms with van der Waals surface area (Å²) in [7, 11) is -4.08. The first-order valence-corrected chi connectivity index (χ1v) is 13.7. The maximum atomic E-state index is 13.7. The Morgan fingerprint density at radius 3 is 2.49 bits per heavy atom. The number of sulfonamides is 1. The van der Waals surface area contributed by atoms with E-state index in [-0.39, 0.29) is 16.2 Å². The summed E-state index contributed by atoms with van der Waals surface area (Å²) in [4.78, 5) is 16.8. The summed E-state index contributed by atoms with van der Waals surface area (Å²) < 4.78 is 87.8. The minimum Gasteiger partial charge on any atom is -0.381 e. The number of hydrogen-bond donors (Lipinski definition) is 1. The lowest BCUT2D eigenvalue weighted by molar-refractivity contribution is -0.138. The number of pyridine rings is 1. The Morgan fingerprint density at radius 1 is 1.13 bits per heavy atom. The van der Waals surface area contributed by atoms with Crippen LogP contribution in [0.5, 0.6) is 0 Å². The van der Waals surface area contributed by atoms with Crippen LogP contribution in [-0.4, -0.2) is 38.6 Å². The number of fused-ring (bicyclic) bond motifs is 2. The molecule has 0 saturated carbocycles. The number of rotatable bonds is 5. The first kappa shape index (κ1) is 27.1. The predicted octanol–water partition coefficient (Wildman–Crippen LogP) is 4.82. The van der Waals surface area contributed by atoms with Gasteiger partial charge in [0.15, 0.2) is 0 Å². The average Bonchev–Trinajstić information content (AvgIpc) is 3.14. The van der Waals surface area contributed by atoms with Crippen molar-refractivity contribution in [3.63, 3.8) is 0 Å². The number of alkyl halides is 3. The van der Waals surface area contributed by atoms with Crippen molar-refractivity contribution in [1.82, 2.24) is 10.3 Å². The summed E-state index contributed by atoms with van der Waals surface area (Å²) in [6.07, 6.45) is -2.39. The van der Waals surface area contributed by atoms with E-state index in [9.17, 15) is 30.8 Å². The molecule has 206 valence electrons. The number of aromatic nitrogens is 1. The highest BCUT2D eigenvalue weighted by Gasteiger charge is 2.53. The zero-order valence-electron chi connectivity index (χ0n) is 20.8. The van der Waals surface area contributed by atoms with Crippen LogP contribution in [0.15, 0.2) is 65.7 Å². The lowest BCUT2D eigenvalue weighted by atomic mass is 9.71. The molecule has 12 heteroatoms. The fraction of sp³-hybridized carbons (Fsp3) is 0.333. The molecular weight excluding hydrogens is 538 g/mol. The molecule has 1 atom stereocenters. The van der Waals surface area contributed by atoms with Crippen LogP contribution >= 0.6 is 0 Å². The van der Waals surface area contributed by atoms with Gasteiger partial charge in [-0.3, -0.25) is 14.1 Å². The van der Waals surface area contributed by atoms with E-state index in [4.69, 9.17) is 4.74 Å². The van der Waals surface area contributed by atoms with Crippen LogP contribution < -0.4 is 9.62 Å². The van der Waals surface area contributed by atoms with Crippen LogP contribution in [-0.2, 0) is 32.9 Å². The average molecular weight is 564 g/mol. The molecular formula is C27H25F4N3O4S. The summed E-state index contributed by atoms with van der Waals surface area (Å²) in [5.74, 6) is -1.18. The van der Waals surface area contributed by atoms with E-state index in [1.54, 1.807) is 13.0 Å². The van der Waals surface area contributed by atoms with Crippen molar-refractivity contribution in [3.8, 4) is 0 Å². The third-order valence-electron chi connectivity index (χ3n) is 7.55. The number of nitrogens with zero attached hydrogens (tertiary/aromatic N) is 2. The van der Waals surface area contributed by atoms with Gasteiger partial charge in [-0.2, -0.15) is 13.2 Å². The first-order chi connectivity index (χ1) is 18.4. The molecule has 1 amide bonds. The van der Waals surface area contributed by atoms with Gasteiger partial charge >= 0.3 is 6.18 Å². The molecule has 1 N–H and O–H groups in total. The number of carbonyl (C=O) groups excluding carboxylic acids is 1. The maximum absolute atomic E-state index is 13.7. The molecule has 1 unspecified atom stereocenters. The molecule has 1 spiro atoms. The Balaban J connectivity index is 1.50. The van der Waals surface area contributed by atoms with E-state index in [1.807, 2.05) is 0 Å². The van der Waals surface area contributed by atoms with Crippen LogP contribution in [0.1, 0.15) is 46.9 Å². The fourth-order valence-electron chi connectivity index (χ4n) is 5.51. The second kappa shape index (κ2) is 9.91. The monoisotopic (exact) mass is 563 g/mol. The van der Waals surface area contributed by atoms with E-state index in [1.165, 1.54) is 40.8 Å². The Hall–Kier alpha value is -3.51. The number of benzene rings is 2. The van der Waals surface area contributed by atoms with Crippen LogP contribution in [0.2, 0.25) is 0 Å².